The maximum atomic E-state index is 12.8. The highest BCUT2D eigenvalue weighted by molar-refractivity contribution is 7.98. The first-order valence-corrected chi connectivity index (χ1v) is 12.0. The van der Waals surface area contributed by atoms with Gasteiger partial charge in [0.15, 0.2) is 0 Å². The average molecular weight is 426 g/mol. The standard InChI is InChI=1S/C20H24ClNO3S2/c1-25-19-12-16-4-2-3-5-17(16)13-20(19)27(23,24)22-10-11-26-14-15-6-8-18(21)9-7-15/h6-9,12-13,22H,2-5,10-11,14H2,1H3. The maximum absolute atomic E-state index is 12.8. The zero-order valence-electron chi connectivity index (χ0n) is 15.3. The van der Waals surface area contributed by atoms with E-state index < -0.39 is 10.0 Å². The molecule has 0 unspecified atom stereocenters. The van der Waals surface area contributed by atoms with E-state index in [2.05, 4.69) is 4.72 Å². The monoisotopic (exact) mass is 425 g/mol. The summed E-state index contributed by atoms with van der Waals surface area (Å²) < 4.78 is 33.6. The van der Waals surface area contributed by atoms with Gasteiger partial charge in [0, 0.05) is 23.1 Å². The molecule has 27 heavy (non-hydrogen) atoms. The summed E-state index contributed by atoms with van der Waals surface area (Å²) in [6, 6.07) is 11.4. The van der Waals surface area contributed by atoms with Gasteiger partial charge < -0.3 is 4.74 Å². The van der Waals surface area contributed by atoms with Crippen molar-refractivity contribution < 1.29 is 13.2 Å². The van der Waals surface area contributed by atoms with Crippen molar-refractivity contribution in [3.63, 3.8) is 0 Å². The molecule has 0 radical (unpaired) electrons. The van der Waals surface area contributed by atoms with E-state index in [0.29, 0.717) is 18.0 Å². The molecule has 4 nitrogen and oxygen atoms in total. The molecule has 0 saturated heterocycles. The van der Waals surface area contributed by atoms with Crippen molar-refractivity contribution in [3.8, 4) is 5.75 Å². The minimum Gasteiger partial charge on any atom is -0.495 e. The zero-order chi connectivity index (χ0) is 19.3. The Morgan fingerprint density at radius 2 is 1.78 bits per heavy atom. The van der Waals surface area contributed by atoms with Crippen LogP contribution in [-0.2, 0) is 28.6 Å². The lowest BCUT2D eigenvalue weighted by Gasteiger charge is -2.19. The molecule has 0 heterocycles. The van der Waals surface area contributed by atoms with Crippen molar-refractivity contribution in [2.45, 2.75) is 36.3 Å². The third-order valence-electron chi connectivity index (χ3n) is 4.64. The van der Waals surface area contributed by atoms with Gasteiger partial charge >= 0.3 is 0 Å². The number of hydrogen-bond acceptors (Lipinski definition) is 4. The second-order valence-corrected chi connectivity index (χ2v) is 9.83. The van der Waals surface area contributed by atoms with Crippen LogP contribution in [0.5, 0.6) is 5.75 Å². The Morgan fingerprint density at radius 1 is 1.11 bits per heavy atom. The van der Waals surface area contributed by atoms with Crippen molar-refractivity contribution >= 4 is 33.4 Å². The first-order chi connectivity index (χ1) is 13.0. The fraction of sp³-hybridized carbons (Fsp3) is 0.400. The summed E-state index contributed by atoms with van der Waals surface area (Å²) in [7, 11) is -2.07. The SMILES string of the molecule is COc1cc2c(cc1S(=O)(=O)NCCSCc1ccc(Cl)cc1)CCCC2. The third kappa shape index (κ3) is 5.41. The molecule has 0 fully saturated rings. The van der Waals surface area contributed by atoms with E-state index in [1.54, 1.807) is 17.8 Å². The minimum absolute atomic E-state index is 0.244. The number of sulfonamides is 1. The molecule has 1 aliphatic carbocycles. The van der Waals surface area contributed by atoms with E-state index in [-0.39, 0.29) is 4.90 Å². The number of ether oxygens (including phenoxy) is 1. The number of fused-ring (bicyclic) bond motifs is 1. The molecule has 0 spiro atoms. The molecule has 0 saturated carbocycles. The summed E-state index contributed by atoms with van der Waals surface area (Å²) in [5.41, 5.74) is 3.50. The Kier molecular flexibility index (Phi) is 7.09. The molecule has 0 aromatic heterocycles. The second kappa shape index (κ2) is 9.32. The highest BCUT2D eigenvalue weighted by Gasteiger charge is 2.22. The lowest BCUT2D eigenvalue weighted by Crippen LogP contribution is -2.27. The molecule has 7 heteroatoms. The van der Waals surface area contributed by atoms with Gasteiger partial charge in [0.1, 0.15) is 10.6 Å². The Balaban J connectivity index is 1.58. The second-order valence-electron chi connectivity index (χ2n) is 6.56. The number of nitrogens with one attached hydrogen (secondary N) is 1. The largest absolute Gasteiger partial charge is 0.495 e. The van der Waals surface area contributed by atoms with Crippen LogP contribution in [0.15, 0.2) is 41.3 Å². The molecule has 2 aromatic rings. The molecule has 2 aromatic carbocycles. The van der Waals surface area contributed by atoms with Crippen molar-refractivity contribution in [2.24, 2.45) is 0 Å². The van der Waals surface area contributed by atoms with Crippen LogP contribution in [-0.4, -0.2) is 27.8 Å². The van der Waals surface area contributed by atoms with Gasteiger partial charge in [-0.15, -0.1) is 0 Å². The highest BCUT2D eigenvalue weighted by atomic mass is 35.5. The topological polar surface area (TPSA) is 55.4 Å². The van der Waals surface area contributed by atoms with Crippen molar-refractivity contribution in [1.82, 2.24) is 4.72 Å². The number of hydrogen-bond donors (Lipinski definition) is 1. The number of aryl methyl sites for hydroxylation is 2. The Bertz CT molecular complexity index is 883. The van der Waals surface area contributed by atoms with Gasteiger partial charge in [-0.3, -0.25) is 0 Å². The van der Waals surface area contributed by atoms with Crippen LogP contribution < -0.4 is 9.46 Å². The van der Waals surface area contributed by atoms with Gasteiger partial charge in [-0.25, -0.2) is 13.1 Å². The molecule has 146 valence electrons. The maximum Gasteiger partial charge on any atom is 0.244 e. The van der Waals surface area contributed by atoms with Gasteiger partial charge in [-0.1, -0.05) is 23.7 Å². The summed E-state index contributed by atoms with van der Waals surface area (Å²) in [5.74, 6) is 1.94. The van der Waals surface area contributed by atoms with Crippen LogP contribution in [0, 0.1) is 0 Å². The number of halogens is 1. The zero-order valence-corrected chi connectivity index (χ0v) is 17.7. The quantitative estimate of drug-likeness (QED) is 0.635. The van der Waals surface area contributed by atoms with Crippen LogP contribution in [0.4, 0.5) is 0 Å². The smallest absolute Gasteiger partial charge is 0.244 e. The molecule has 0 atom stereocenters. The molecular formula is C20H24ClNO3S2. The predicted molar refractivity (Wildman–Crippen MR) is 112 cm³/mol. The van der Waals surface area contributed by atoms with E-state index in [1.807, 2.05) is 30.3 Å². The molecule has 1 aliphatic rings. The predicted octanol–water partition coefficient (Wildman–Crippen LogP) is 4.44. The summed E-state index contributed by atoms with van der Waals surface area (Å²) in [5, 5.41) is 0.718. The van der Waals surface area contributed by atoms with E-state index in [0.717, 1.165) is 42.0 Å². The van der Waals surface area contributed by atoms with Crippen molar-refractivity contribution in [3.05, 3.63) is 58.1 Å². The summed E-state index contributed by atoms with van der Waals surface area (Å²) >= 11 is 7.56. The van der Waals surface area contributed by atoms with Gasteiger partial charge in [0.05, 0.1) is 7.11 Å². The first kappa shape index (κ1) is 20.5. The fourth-order valence-electron chi connectivity index (χ4n) is 3.21. The Morgan fingerprint density at radius 3 is 2.44 bits per heavy atom. The Labute approximate surface area is 170 Å². The normalized spacial score (nSPS) is 14.0. The van der Waals surface area contributed by atoms with Crippen LogP contribution in [0.3, 0.4) is 0 Å². The first-order valence-electron chi connectivity index (χ1n) is 9.01. The Hall–Kier alpha value is -1.21. The van der Waals surface area contributed by atoms with E-state index in [4.69, 9.17) is 16.3 Å². The van der Waals surface area contributed by atoms with Gasteiger partial charge in [-0.05, 0) is 66.6 Å². The molecule has 0 aliphatic heterocycles. The molecular weight excluding hydrogens is 402 g/mol. The highest BCUT2D eigenvalue weighted by Crippen LogP contribution is 2.31. The van der Waals surface area contributed by atoms with Gasteiger partial charge in [0.25, 0.3) is 0 Å². The van der Waals surface area contributed by atoms with Gasteiger partial charge in [-0.2, -0.15) is 11.8 Å². The van der Waals surface area contributed by atoms with E-state index in [1.165, 1.54) is 18.2 Å². The number of benzene rings is 2. The summed E-state index contributed by atoms with van der Waals surface area (Å²) in [6.45, 7) is 0.376. The van der Waals surface area contributed by atoms with Crippen LogP contribution >= 0.6 is 23.4 Å². The van der Waals surface area contributed by atoms with E-state index in [9.17, 15) is 8.42 Å². The summed E-state index contributed by atoms with van der Waals surface area (Å²) in [6.07, 6.45) is 4.17. The lowest BCUT2D eigenvalue weighted by atomic mass is 9.92. The van der Waals surface area contributed by atoms with Crippen molar-refractivity contribution in [2.75, 3.05) is 19.4 Å². The third-order valence-corrected chi connectivity index (χ3v) is 7.40. The molecule has 0 amide bonds. The lowest BCUT2D eigenvalue weighted by molar-refractivity contribution is 0.401. The van der Waals surface area contributed by atoms with Crippen LogP contribution in [0.25, 0.3) is 0 Å². The number of rotatable bonds is 8. The van der Waals surface area contributed by atoms with Crippen LogP contribution in [0.2, 0.25) is 5.02 Å². The molecule has 3 rings (SSSR count). The van der Waals surface area contributed by atoms with Crippen LogP contribution in [0.1, 0.15) is 29.5 Å². The molecule has 0 bridgehead atoms. The summed E-state index contributed by atoms with van der Waals surface area (Å²) in [4.78, 5) is 0.244. The molecule has 1 N–H and O–H groups in total. The number of thioether (sulfide) groups is 1. The van der Waals surface area contributed by atoms with E-state index >= 15 is 0 Å². The fourth-order valence-corrected chi connectivity index (χ4v) is 5.51. The minimum atomic E-state index is -3.59. The van der Waals surface area contributed by atoms with Crippen molar-refractivity contribution in [1.29, 1.82) is 0 Å². The average Bonchev–Trinajstić information content (AvgIpc) is 2.68. The number of methoxy groups -OCH3 is 1. The van der Waals surface area contributed by atoms with Gasteiger partial charge in [0.2, 0.25) is 10.0 Å².